The van der Waals surface area contributed by atoms with Crippen molar-refractivity contribution in [3.8, 4) is 0 Å². The molecule has 1 nitrogen and oxygen atoms in total. The van der Waals surface area contributed by atoms with Gasteiger partial charge in [-0.3, -0.25) is 4.79 Å². The number of carbonyl (C=O) groups is 1. The molecule has 0 saturated heterocycles. The zero-order valence-corrected chi connectivity index (χ0v) is 11.3. The van der Waals surface area contributed by atoms with Crippen molar-refractivity contribution in [1.82, 2.24) is 0 Å². The van der Waals surface area contributed by atoms with Crippen LogP contribution >= 0.6 is 0 Å². The number of allylic oxidation sites excluding steroid dienone is 2. The van der Waals surface area contributed by atoms with Crippen molar-refractivity contribution in [3.63, 3.8) is 0 Å². The largest absolute Gasteiger partial charge is 0.294 e. The van der Waals surface area contributed by atoms with Gasteiger partial charge in [-0.2, -0.15) is 0 Å². The van der Waals surface area contributed by atoms with Crippen LogP contribution in [0.15, 0.2) is 71.8 Å². The second kappa shape index (κ2) is 5.70. The molecular weight excluding hydrogens is 244 g/mol. The highest BCUT2D eigenvalue weighted by Gasteiger charge is 2.22. The summed E-state index contributed by atoms with van der Waals surface area (Å²) >= 11 is 0. The number of ketones is 1. The molecule has 0 unspecified atom stereocenters. The lowest BCUT2D eigenvalue weighted by Gasteiger charge is -2.01. The first-order chi connectivity index (χ1) is 9.83. The number of carbonyl (C=O) groups excluding carboxylic acids is 1. The molecule has 0 spiro atoms. The number of Topliss-reactive ketones (excluding diaryl/α,β-unsaturated/α-hetero) is 1. The zero-order valence-electron chi connectivity index (χ0n) is 11.3. The predicted molar refractivity (Wildman–Crippen MR) is 83.1 cm³/mol. The van der Waals surface area contributed by atoms with Gasteiger partial charge in [-0.15, -0.1) is 0 Å². The minimum atomic E-state index is 0.246. The van der Waals surface area contributed by atoms with Crippen LogP contribution in [0.25, 0.3) is 12.2 Å². The Morgan fingerprint density at radius 2 is 1.25 bits per heavy atom. The number of benzene rings is 2. The molecular formula is C19H16O. The SMILES string of the molecule is O=C1CCC(=Cc2ccccc2)C1=Cc1ccccc1. The van der Waals surface area contributed by atoms with E-state index < -0.39 is 0 Å². The summed E-state index contributed by atoms with van der Waals surface area (Å²) in [5, 5.41) is 0. The maximum Gasteiger partial charge on any atom is 0.163 e. The average Bonchev–Trinajstić information content (AvgIpc) is 2.83. The third kappa shape index (κ3) is 2.77. The van der Waals surface area contributed by atoms with E-state index in [1.165, 1.54) is 0 Å². The van der Waals surface area contributed by atoms with Crippen LogP contribution in [0.2, 0.25) is 0 Å². The molecule has 0 bridgehead atoms. The Bertz CT molecular complexity index is 663. The number of rotatable bonds is 2. The van der Waals surface area contributed by atoms with Gasteiger partial charge in [0, 0.05) is 12.0 Å². The van der Waals surface area contributed by atoms with Crippen molar-refractivity contribution in [3.05, 3.63) is 82.9 Å². The highest BCUT2D eigenvalue weighted by Crippen LogP contribution is 2.30. The quantitative estimate of drug-likeness (QED) is 0.726. The van der Waals surface area contributed by atoms with Gasteiger partial charge in [-0.1, -0.05) is 66.7 Å². The summed E-state index contributed by atoms with van der Waals surface area (Å²) in [6.45, 7) is 0. The van der Waals surface area contributed by atoms with E-state index >= 15 is 0 Å². The van der Waals surface area contributed by atoms with E-state index in [0.29, 0.717) is 6.42 Å². The Morgan fingerprint density at radius 1 is 0.700 bits per heavy atom. The molecule has 2 aromatic rings. The van der Waals surface area contributed by atoms with Crippen molar-refractivity contribution in [1.29, 1.82) is 0 Å². The van der Waals surface area contributed by atoms with Crippen LogP contribution in [-0.4, -0.2) is 5.78 Å². The van der Waals surface area contributed by atoms with Gasteiger partial charge in [0.1, 0.15) is 0 Å². The van der Waals surface area contributed by atoms with Crippen LogP contribution in [0.1, 0.15) is 24.0 Å². The highest BCUT2D eigenvalue weighted by atomic mass is 16.1. The molecule has 0 atom stereocenters. The minimum absolute atomic E-state index is 0.246. The number of hydrogen-bond acceptors (Lipinski definition) is 1. The maximum atomic E-state index is 12.1. The van der Waals surface area contributed by atoms with Crippen LogP contribution in [0.4, 0.5) is 0 Å². The predicted octanol–water partition coefficient (Wildman–Crippen LogP) is 4.52. The van der Waals surface area contributed by atoms with Gasteiger partial charge < -0.3 is 0 Å². The topological polar surface area (TPSA) is 17.1 Å². The van der Waals surface area contributed by atoms with Crippen molar-refractivity contribution >= 4 is 17.9 Å². The lowest BCUT2D eigenvalue weighted by Crippen LogP contribution is -1.92. The Balaban J connectivity index is 1.97. The summed E-state index contributed by atoms with van der Waals surface area (Å²) in [4.78, 5) is 12.1. The Kier molecular flexibility index (Phi) is 3.60. The second-order valence-electron chi connectivity index (χ2n) is 4.97. The van der Waals surface area contributed by atoms with Crippen molar-refractivity contribution in [2.45, 2.75) is 12.8 Å². The maximum absolute atomic E-state index is 12.1. The second-order valence-corrected chi connectivity index (χ2v) is 4.97. The average molecular weight is 260 g/mol. The standard InChI is InChI=1S/C19H16O/c20-19-12-11-17(13-15-7-3-1-4-8-15)18(19)14-16-9-5-2-6-10-16/h1-10,13-14H,11-12H2. The zero-order chi connectivity index (χ0) is 13.8. The van der Waals surface area contributed by atoms with Gasteiger partial charge in [-0.25, -0.2) is 0 Å². The van der Waals surface area contributed by atoms with E-state index in [0.717, 1.165) is 28.7 Å². The molecule has 0 aliphatic heterocycles. The molecule has 1 saturated carbocycles. The third-order valence-electron chi connectivity index (χ3n) is 3.52. The molecule has 1 aliphatic carbocycles. The summed E-state index contributed by atoms with van der Waals surface area (Å²) in [6.07, 6.45) is 5.59. The van der Waals surface area contributed by atoms with Crippen LogP contribution in [0.3, 0.4) is 0 Å². The van der Waals surface area contributed by atoms with Crippen molar-refractivity contribution in [2.24, 2.45) is 0 Å². The summed E-state index contributed by atoms with van der Waals surface area (Å²) in [5.74, 6) is 0.246. The van der Waals surface area contributed by atoms with Gasteiger partial charge in [-0.05, 0) is 29.2 Å². The first-order valence-corrected chi connectivity index (χ1v) is 6.89. The molecule has 3 rings (SSSR count). The molecule has 98 valence electrons. The lowest BCUT2D eigenvalue weighted by atomic mass is 10.0. The first kappa shape index (κ1) is 12.6. The minimum Gasteiger partial charge on any atom is -0.294 e. The van der Waals surface area contributed by atoms with Crippen LogP contribution < -0.4 is 0 Å². The van der Waals surface area contributed by atoms with E-state index in [4.69, 9.17) is 0 Å². The monoisotopic (exact) mass is 260 g/mol. The normalized spacial score (nSPS) is 18.9. The Morgan fingerprint density at radius 3 is 1.85 bits per heavy atom. The molecule has 0 heterocycles. The van der Waals surface area contributed by atoms with Gasteiger partial charge in [0.05, 0.1) is 0 Å². The fourth-order valence-corrected chi connectivity index (χ4v) is 2.49. The van der Waals surface area contributed by atoms with Gasteiger partial charge in [0.15, 0.2) is 5.78 Å². The van der Waals surface area contributed by atoms with Crippen LogP contribution in [0.5, 0.6) is 0 Å². The van der Waals surface area contributed by atoms with Crippen LogP contribution in [0, 0.1) is 0 Å². The van der Waals surface area contributed by atoms with Crippen LogP contribution in [-0.2, 0) is 4.79 Å². The van der Waals surface area contributed by atoms with Crippen molar-refractivity contribution in [2.75, 3.05) is 0 Å². The molecule has 0 aromatic heterocycles. The summed E-state index contributed by atoms with van der Waals surface area (Å²) in [5.41, 5.74) is 4.23. The van der Waals surface area contributed by atoms with E-state index in [1.54, 1.807) is 0 Å². The molecule has 1 heteroatoms. The molecule has 0 N–H and O–H groups in total. The number of hydrogen-bond donors (Lipinski definition) is 0. The van der Waals surface area contributed by atoms with Gasteiger partial charge >= 0.3 is 0 Å². The Hall–Kier alpha value is -2.41. The summed E-state index contributed by atoms with van der Waals surface area (Å²) < 4.78 is 0. The fraction of sp³-hybridized carbons (Fsp3) is 0.105. The molecule has 1 fully saturated rings. The molecule has 20 heavy (non-hydrogen) atoms. The molecule has 0 amide bonds. The van der Waals surface area contributed by atoms with E-state index in [9.17, 15) is 4.79 Å². The van der Waals surface area contributed by atoms with Crippen molar-refractivity contribution < 1.29 is 4.79 Å². The molecule has 0 radical (unpaired) electrons. The van der Waals surface area contributed by atoms with Gasteiger partial charge in [0.25, 0.3) is 0 Å². The Labute approximate surface area is 119 Å². The molecule has 2 aromatic carbocycles. The highest BCUT2D eigenvalue weighted by molar-refractivity contribution is 6.08. The van der Waals surface area contributed by atoms with Gasteiger partial charge in [0.2, 0.25) is 0 Å². The fourth-order valence-electron chi connectivity index (χ4n) is 2.49. The van der Waals surface area contributed by atoms with E-state index in [2.05, 4.69) is 18.2 Å². The summed E-state index contributed by atoms with van der Waals surface area (Å²) in [6, 6.07) is 20.2. The summed E-state index contributed by atoms with van der Waals surface area (Å²) in [7, 11) is 0. The lowest BCUT2D eigenvalue weighted by molar-refractivity contribution is -0.114. The first-order valence-electron chi connectivity index (χ1n) is 6.89. The smallest absolute Gasteiger partial charge is 0.163 e. The third-order valence-corrected chi connectivity index (χ3v) is 3.52. The van der Waals surface area contributed by atoms with E-state index in [-0.39, 0.29) is 5.78 Å². The molecule has 1 aliphatic rings. The van der Waals surface area contributed by atoms with E-state index in [1.807, 2.05) is 54.6 Å².